The maximum atomic E-state index is 13.0. The fourth-order valence-electron chi connectivity index (χ4n) is 1.49. The molecule has 1 aromatic heterocycles. The van der Waals surface area contributed by atoms with Crippen LogP contribution in [0.4, 0.5) is 14.5 Å². The molecule has 0 aliphatic rings. The smallest absolute Gasteiger partial charge is 0.161 e. The van der Waals surface area contributed by atoms with E-state index in [4.69, 9.17) is 0 Å². The van der Waals surface area contributed by atoms with Crippen molar-refractivity contribution < 1.29 is 8.78 Å². The summed E-state index contributed by atoms with van der Waals surface area (Å²) in [4.78, 5) is 3.98. The van der Waals surface area contributed by atoms with Crippen molar-refractivity contribution in [2.45, 2.75) is 6.92 Å². The van der Waals surface area contributed by atoms with Gasteiger partial charge in [0.2, 0.25) is 0 Å². The van der Waals surface area contributed by atoms with E-state index in [2.05, 4.69) is 10.3 Å². The van der Waals surface area contributed by atoms with Gasteiger partial charge < -0.3 is 5.32 Å². The van der Waals surface area contributed by atoms with Gasteiger partial charge in [0.1, 0.15) is 0 Å². The van der Waals surface area contributed by atoms with Gasteiger partial charge in [-0.25, -0.2) is 8.78 Å². The predicted molar refractivity (Wildman–Crippen MR) is 55.8 cm³/mol. The van der Waals surface area contributed by atoms with Crippen LogP contribution in [0.3, 0.4) is 0 Å². The lowest BCUT2D eigenvalue weighted by atomic mass is 10.2. The van der Waals surface area contributed by atoms with Crippen molar-refractivity contribution in [3.05, 3.63) is 36.0 Å². The number of aromatic nitrogens is 1. The van der Waals surface area contributed by atoms with Gasteiger partial charge in [-0.1, -0.05) is 0 Å². The fourth-order valence-corrected chi connectivity index (χ4v) is 1.49. The summed E-state index contributed by atoms with van der Waals surface area (Å²) in [6.45, 7) is 2.66. The summed E-state index contributed by atoms with van der Waals surface area (Å²) >= 11 is 0. The fraction of sp³-hybridized carbons (Fsp3) is 0.182. The van der Waals surface area contributed by atoms with Crippen LogP contribution in [0.2, 0.25) is 0 Å². The Morgan fingerprint density at radius 1 is 1.27 bits per heavy atom. The van der Waals surface area contributed by atoms with Crippen LogP contribution >= 0.6 is 0 Å². The van der Waals surface area contributed by atoms with Crippen LogP contribution in [0.15, 0.2) is 24.4 Å². The molecule has 0 fully saturated rings. The van der Waals surface area contributed by atoms with E-state index in [1.807, 2.05) is 6.92 Å². The minimum atomic E-state index is -0.872. The Labute approximate surface area is 85.9 Å². The molecule has 1 aromatic carbocycles. The van der Waals surface area contributed by atoms with Gasteiger partial charge in [0.05, 0.1) is 5.52 Å². The first kappa shape index (κ1) is 9.83. The number of hydrogen-bond acceptors (Lipinski definition) is 2. The van der Waals surface area contributed by atoms with Crippen LogP contribution in [0, 0.1) is 11.6 Å². The van der Waals surface area contributed by atoms with Crippen molar-refractivity contribution in [3.8, 4) is 0 Å². The largest absolute Gasteiger partial charge is 0.385 e. The average Bonchev–Trinajstić information content (AvgIpc) is 2.21. The highest BCUT2D eigenvalue weighted by molar-refractivity contribution is 5.91. The van der Waals surface area contributed by atoms with E-state index >= 15 is 0 Å². The van der Waals surface area contributed by atoms with Gasteiger partial charge in [-0.3, -0.25) is 4.98 Å². The molecule has 0 atom stereocenters. The van der Waals surface area contributed by atoms with Crippen LogP contribution in [0.25, 0.3) is 10.9 Å². The van der Waals surface area contributed by atoms with E-state index in [1.165, 1.54) is 0 Å². The molecule has 0 spiro atoms. The summed E-state index contributed by atoms with van der Waals surface area (Å²) in [6, 6.07) is 4.00. The monoisotopic (exact) mass is 208 g/mol. The van der Waals surface area contributed by atoms with E-state index in [9.17, 15) is 8.78 Å². The molecule has 2 nitrogen and oxygen atoms in total. The standard InChI is InChI=1S/C11H10F2N2/c1-2-14-10-3-4-15-11-6-9(13)8(12)5-7(10)11/h3-6H,2H2,1H3,(H,14,15). The molecule has 1 N–H and O–H groups in total. The lowest BCUT2D eigenvalue weighted by Crippen LogP contribution is -1.98. The van der Waals surface area contributed by atoms with E-state index in [0.717, 1.165) is 24.4 Å². The van der Waals surface area contributed by atoms with Crippen LogP contribution in [0.5, 0.6) is 0 Å². The molecule has 0 radical (unpaired) electrons. The average molecular weight is 208 g/mol. The number of hydrogen-bond donors (Lipinski definition) is 1. The molecule has 1 heterocycles. The lowest BCUT2D eigenvalue weighted by molar-refractivity contribution is 0.510. The topological polar surface area (TPSA) is 24.9 Å². The molecule has 0 unspecified atom stereocenters. The molecular weight excluding hydrogens is 198 g/mol. The molecular formula is C11H10F2N2. The molecule has 0 aliphatic heterocycles. The van der Waals surface area contributed by atoms with Crippen LogP contribution in [0.1, 0.15) is 6.92 Å². The van der Waals surface area contributed by atoms with Gasteiger partial charge in [-0.15, -0.1) is 0 Å². The van der Waals surface area contributed by atoms with Crippen molar-refractivity contribution >= 4 is 16.6 Å². The Morgan fingerprint density at radius 3 is 2.73 bits per heavy atom. The van der Waals surface area contributed by atoms with Gasteiger partial charge in [0.15, 0.2) is 11.6 Å². The minimum Gasteiger partial charge on any atom is -0.385 e. The van der Waals surface area contributed by atoms with Gasteiger partial charge >= 0.3 is 0 Å². The van der Waals surface area contributed by atoms with Gasteiger partial charge in [0.25, 0.3) is 0 Å². The van der Waals surface area contributed by atoms with Crippen molar-refractivity contribution in [1.82, 2.24) is 4.98 Å². The molecule has 2 rings (SSSR count). The third kappa shape index (κ3) is 1.75. The first-order chi connectivity index (χ1) is 7.22. The van der Waals surface area contributed by atoms with Gasteiger partial charge in [-0.2, -0.15) is 0 Å². The zero-order chi connectivity index (χ0) is 10.8. The number of rotatable bonds is 2. The summed E-state index contributed by atoms with van der Waals surface area (Å²) in [6.07, 6.45) is 1.57. The molecule has 4 heteroatoms. The number of pyridine rings is 1. The Kier molecular flexibility index (Phi) is 2.49. The molecule has 78 valence electrons. The second-order valence-corrected chi connectivity index (χ2v) is 3.17. The summed E-state index contributed by atoms with van der Waals surface area (Å²) < 4.78 is 26.0. The van der Waals surface area contributed by atoms with Crippen molar-refractivity contribution in [1.29, 1.82) is 0 Å². The highest BCUT2D eigenvalue weighted by Gasteiger charge is 2.07. The maximum Gasteiger partial charge on any atom is 0.161 e. The van der Waals surface area contributed by atoms with E-state index in [0.29, 0.717) is 10.9 Å². The molecule has 2 aromatic rings. The number of benzene rings is 1. The predicted octanol–water partition coefficient (Wildman–Crippen LogP) is 2.94. The van der Waals surface area contributed by atoms with Gasteiger partial charge in [-0.05, 0) is 19.1 Å². The summed E-state index contributed by atoms with van der Waals surface area (Å²) in [7, 11) is 0. The summed E-state index contributed by atoms with van der Waals surface area (Å²) in [5.41, 5.74) is 1.22. The SMILES string of the molecule is CCNc1ccnc2cc(F)c(F)cc12. The van der Waals surface area contributed by atoms with Crippen molar-refractivity contribution in [2.75, 3.05) is 11.9 Å². The summed E-state index contributed by atoms with van der Waals surface area (Å²) in [5, 5.41) is 3.66. The second-order valence-electron chi connectivity index (χ2n) is 3.17. The number of fused-ring (bicyclic) bond motifs is 1. The van der Waals surface area contributed by atoms with E-state index in [1.54, 1.807) is 12.3 Å². The number of nitrogens with zero attached hydrogens (tertiary/aromatic N) is 1. The Balaban J connectivity index is 2.68. The molecule has 0 bridgehead atoms. The first-order valence-electron chi connectivity index (χ1n) is 4.70. The molecule has 0 amide bonds. The maximum absolute atomic E-state index is 13.0. The van der Waals surface area contributed by atoms with E-state index < -0.39 is 11.6 Å². The molecule has 15 heavy (non-hydrogen) atoms. The van der Waals surface area contributed by atoms with Gasteiger partial charge in [0, 0.05) is 29.9 Å². The molecule has 0 saturated heterocycles. The number of anilines is 1. The Bertz CT molecular complexity index is 497. The first-order valence-corrected chi connectivity index (χ1v) is 4.70. The van der Waals surface area contributed by atoms with Crippen molar-refractivity contribution in [2.24, 2.45) is 0 Å². The number of halogens is 2. The Morgan fingerprint density at radius 2 is 2.00 bits per heavy atom. The second kappa shape index (κ2) is 3.81. The highest BCUT2D eigenvalue weighted by atomic mass is 19.2. The summed E-state index contributed by atoms with van der Waals surface area (Å²) in [5.74, 6) is -1.72. The normalized spacial score (nSPS) is 10.6. The number of nitrogens with one attached hydrogen (secondary N) is 1. The quantitative estimate of drug-likeness (QED) is 0.820. The minimum absolute atomic E-state index is 0.451. The highest BCUT2D eigenvalue weighted by Crippen LogP contribution is 2.23. The third-order valence-electron chi connectivity index (χ3n) is 2.15. The van der Waals surface area contributed by atoms with Crippen molar-refractivity contribution in [3.63, 3.8) is 0 Å². The van der Waals surface area contributed by atoms with Crippen LogP contribution in [-0.2, 0) is 0 Å². The third-order valence-corrected chi connectivity index (χ3v) is 2.15. The van der Waals surface area contributed by atoms with Crippen LogP contribution in [-0.4, -0.2) is 11.5 Å². The lowest BCUT2D eigenvalue weighted by Gasteiger charge is -2.07. The zero-order valence-corrected chi connectivity index (χ0v) is 8.22. The zero-order valence-electron chi connectivity index (χ0n) is 8.22. The Hall–Kier alpha value is -1.71. The molecule has 0 aliphatic carbocycles. The van der Waals surface area contributed by atoms with Crippen LogP contribution < -0.4 is 5.32 Å². The molecule has 0 saturated carbocycles. The van der Waals surface area contributed by atoms with E-state index in [-0.39, 0.29) is 0 Å².